The van der Waals surface area contributed by atoms with Crippen LogP contribution in [0.3, 0.4) is 0 Å². The molecular weight excluding hydrogens is 116 g/mol. The third kappa shape index (κ3) is 2.42. The topological polar surface area (TPSA) is 37.3 Å². The van der Waals surface area contributed by atoms with Crippen LogP contribution in [-0.4, -0.2) is 17.0 Å². The van der Waals surface area contributed by atoms with Crippen LogP contribution in [-0.2, 0) is 4.79 Å². The number of Topliss-reactive ketones (excluding diaryl/α,β-unsaturated/α-hetero) is 1. The average molecular weight is 128 g/mol. The van der Waals surface area contributed by atoms with Gasteiger partial charge in [0.2, 0.25) is 0 Å². The van der Waals surface area contributed by atoms with Crippen molar-refractivity contribution in [1.29, 1.82) is 0 Å². The Bertz CT molecular complexity index is 118. The van der Waals surface area contributed by atoms with Crippen LogP contribution >= 0.6 is 0 Å². The maximum Gasteiger partial charge on any atom is 0.135 e. The molecule has 0 saturated carbocycles. The normalized spacial score (nSPS) is 16.3. The number of rotatable bonds is 3. The van der Waals surface area contributed by atoms with Gasteiger partial charge in [0.05, 0.1) is 6.10 Å². The first kappa shape index (κ1) is 8.37. The number of hydrogen-bond donors (Lipinski definition) is 1. The lowest BCUT2D eigenvalue weighted by Crippen LogP contribution is -2.20. The Morgan fingerprint density at radius 3 is 2.33 bits per heavy atom. The molecular formula is C7H12O2. The zero-order chi connectivity index (χ0) is 7.44. The quantitative estimate of drug-likeness (QED) is 0.570. The van der Waals surface area contributed by atoms with Gasteiger partial charge in [-0.1, -0.05) is 13.0 Å². The van der Waals surface area contributed by atoms with Crippen molar-refractivity contribution >= 4 is 5.78 Å². The molecule has 0 aliphatic heterocycles. The molecule has 0 spiro atoms. The smallest absolute Gasteiger partial charge is 0.135 e. The van der Waals surface area contributed by atoms with Gasteiger partial charge in [-0.3, -0.25) is 4.79 Å². The Labute approximate surface area is 55.2 Å². The highest BCUT2D eigenvalue weighted by Gasteiger charge is 2.13. The van der Waals surface area contributed by atoms with Gasteiger partial charge in [-0.25, -0.2) is 0 Å². The van der Waals surface area contributed by atoms with E-state index in [1.54, 1.807) is 6.92 Å². The maximum atomic E-state index is 10.5. The van der Waals surface area contributed by atoms with Crippen molar-refractivity contribution in [2.24, 2.45) is 5.92 Å². The molecule has 0 aromatic carbocycles. The van der Waals surface area contributed by atoms with Gasteiger partial charge in [-0.2, -0.15) is 0 Å². The van der Waals surface area contributed by atoms with E-state index in [4.69, 9.17) is 5.11 Å². The molecule has 0 unspecified atom stereocenters. The summed E-state index contributed by atoms with van der Waals surface area (Å²) >= 11 is 0. The summed E-state index contributed by atoms with van der Waals surface area (Å²) in [6.07, 6.45) is 0.675. The lowest BCUT2D eigenvalue weighted by Gasteiger charge is -2.09. The minimum atomic E-state index is -0.692. The number of carbonyl (C=O) groups excluding carboxylic acids is 1. The van der Waals surface area contributed by atoms with Gasteiger partial charge < -0.3 is 5.11 Å². The molecule has 0 aromatic heterocycles. The Balaban J connectivity index is 3.86. The summed E-state index contributed by atoms with van der Waals surface area (Å²) in [5.41, 5.74) is 0. The summed E-state index contributed by atoms with van der Waals surface area (Å²) in [6, 6.07) is 0. The largest absolute Gasteiger partial charge is 0.388 e. The molecule has 0 amide bonds. The van der Waals surface area contributed by atoms with Gasteiger partial charge in [-0.15, -0.1) is 6.58 Å². The van der Waals surface area contributed by atoms with E-state index in [2.05, 4.69) is 6.58 Å². The second-order valence-corrected chi connectivity index (χ2v) is 2.13. The molecule has 9 heavy (non-hydrogen) atoms. The van der Waals surface area contributed by atoms with Gasteiger partial charge >= 0.3 is 0 Å². The van der Waals surface area contributed by atoms with Crippen LogP contribution in [0.5, 0.6) is 0 Å². The Morgan fingerprint density at radius 2 is 2.22 bits per heavy atom. The highest BCUT2D eigenvalue weighted by atomic mass is 16.3. The van der Waals surface area contributed by atoms with Crippen LogP contribution in [0.15, 0.2) is 12.7 Å². The van der Waals surface area contributed by atoms with Crippen molar-refractivity contribution in [3.63, 3.8) is 0 Å². The van der Waals surface area contributed by atoms with Crippen LogP contribution in [0.1, 0.15) is 13.8 Å². The predicted octanol–water partition coefficient (Wildman–Crippen LogP) is 0.758. The third-order valence-corrected chi connectivity index (χ3v) is 1.40. The average Bonchev–Trinajstić information content (AvgIpc) is 1.84. The van der Waals surface area contributed by atoms with E-state index in [1.807, 2.05) is 0 Å². The van der Waals surface area contributed by atoms with Crippen molar-refractivity contribution < 1.29 is 9.90 Å². The Kier molecular flexibility index (Phi) is 3.17. The molecule has 0 aliphatic rings. The lowest BCUT2D eigenvalue weighted by atomic mass is 10.0. The fourth-order valence-electron chi connectivity index (χ4n) is 0.445. The van der Waals surface area contributed by atoms with Gasteiger partial charge in [0.15, 0.2) is 0 Å². The molecule has 0 heterocycles. The van der Waals surface area contributed by atoms with Crippen molar-refractivity contribution in [2.45, 2.75) is 20.0 Å². The van der Waals surface area contributed by atoms with E-state index in [-0.39, 0.29) is 11.7 Å². The molecule has 0 rings (SSSR count). The molecule has 0 bridgehead atoms. The molecule has 2 heteroatoms. The second kappa shape index (κ2) is 3.41. The standard InChI is InChI=1S/C7H12O2/c1-4-7(9)5(2)6(3)8/h4-5,7,9H,1H2,2-3H3/t5-,7-/m1/s1. The Hall–Kier alpha value is -0.630. The van der Waals surface area contributed by atoms with E-state index in [9.17, 15) is 4.79 Å². The highest BCUT2D eigenvalue weighted by Crippen LogP contribution is 2.03. The van der Waals surface area contributed by atoms with Crippen LogP contribution in [0.4, 0.5) is 0 Å². The van der Waals surface area contributed by atoms with Gasteiger partial charge in [-0.05, 0) is 6.92 Å². The molecule has 0 aliphatic carbocycles. The third-order valence-electron chi connectivity index (χ3n) is 1.40. The van der Waals surface area contributed by atoms with Crippen molar-refractivity contribution in [3.05, 3.63) is 12.7 Å². The van der Waals surface area contributed by atoms with Crippen molar-refractivity contribution in [2.75, 3.05) is 0 Å². The lowest BCUT2D eigenvalue weighted by molar-refractivity contribution is -0.122. The SMILES string of the molecule is C=C[C@@H](O)[C@H](C)C(C)=O. The molecule has 0 radical (unpaired) electrons. The Morgan fingerprint density at radius 1 is 1.78 bits per heavy atom. The highest BCUT2D eigenvalue weighted by molar-refractivity contribution is 5.78. The molecule has 0 saturated heterocycles. The van der Waals surface area contributed by atoms with Crippen molar-refractivity contribution in [3.8, 4) is 0 Å². The summed E-state index contributed by atoms with van der Waals surface area (Å²) in [5.74, 6) is -0.329. The van der Waals surface area contributed by atoms with Gasteiger partial charge in [0, 0.05) is 5.92 Å². The zero-order valence-electron chi connectivity index (χ0n) is 5.79. The van der Waals surface area contributed by atoms with Crippen molar-refractivity contribution in [1.82, 2.24) is 0 Å². The molecule has 2 atom stereocenters. The van der Waals surface area contributed by atoms with Crippen LogP contribution in [0, 0.1) is 5.92 Å². The van der Waals surface area contributed by atoms with Gasteiger partial charge in [0.1, 0.15) is 5.78 Å². The molecule has 1 N–H and O–H groups in total. The van der Waals surface area contributed by atoms with E-state index in [1.165, 1.54) is 13.0 Å². The summed E-state index contributed by atoms with van der Waals surface area (Å²) < 4.78 is 0. The monoisotopic (exact) mass is 128 g/mol. The second-order valence-electron chi connectivity index (χ2n) is 2.13. The number of ketones is 1. The fourth-order valence-corrected chi connectivity index (χ4v) is 0.445. The van der Waals surface area contributed by atoms with E-state index < -0.39 is 6.10 Å². The molecule has 0 aromatic rings. The minimum Gasteiger partial charge on any atom is -0.388 e. The first-order valence-electron chi connectivity index (χ1n) is 2.90. The van der Waals surface area contributed by atoms with Crippen LogP contribution < -0.4 is 0 Å². The number of hydrogen-bond acceptors (Lipinski definition) is 2. The first-order chi connectivity index (χ1) is 4.09. The van der Waals surface area contributed by atoms with E-state index in [0.717, 1.165) is 0 Å². The summed E-state index contributed by atoms with van der Waals surface area (Å²) in [7, 11) is 0. The molecule has 2 nitrogen and oxygen atoms in total. The van der Waals surface area contributed by atoms with Crippen LogP contribution in [0.25, 0.3) is 0 Å². The summed E-state index contributed by atoms with van der Waals surface area (Å²) in [6.45, 7) is 6.49. The minimum absolute atomic E-state index is 0.0117. The number of aliphatic hydroxyl groups excluding tert-OH is 1. The maximum absolute atomic E-state index is 10.5. The summed E-state index contributed by atoms with van der Waals surface area (Å²) in [4.78, 5) is 10.5. The first-order valence-corrected chi connectivity index (χ1v) is 2.90. The molecule has 52 valence electrons. The van der Waals surface area contributed by atoms with Gasteiger partial charge in [0.25, 0.3) is 0 Å². The van der Waals surface area contributed by atoms with Crippen LogP contribution in [0.2, 0.25) is 0 Å². The fraction of sp³-hybridized carbons (Fsp3) is 0.571. The number of carbonyl (C=O) groups is 1. The predicted molar refractivity (Wildman–Crippen MR) is 36.0 cm³/mol. The van der Waals surface area contributed by atoms with E-state index in [0.29, 0.717) is 0 Å². The molecule has 0 fully saturated rings. The zero-order valence-corrected chi connectivity index (χ0v) is 5.79. The van der Waals surface area contributed by atoms with E-state index >= 15 is 0 Å². The number of aliphatic hydroxyl groups is 1. The summed E-state index contributed by atoms with van der Waals surface area (Å²) in [5, 5.41) is 8.96.